The molecule has 0 atom stereocenters. The second kappa shape index (κ2) is 8.29. The maximum absolute atomic E-state index is 12.5. The molecule has 1 aliphatic heterocycles. The number of ether oxygens (including phenoxy) is 1. The van der Waals surface area contributed by atoms with Crippen molar-refractivity contribution in [1.82, 2.24) is 9.88 Å². The first-order valence-corrected chi connectivity index (χ1v) is 9.58. The molecule has 0 N–H and O–H groups in total. The van der Waals surface area contributed by atoms with Gasteiger partial charge in [-0.25, -0.2) is 0 Å². The Labute approximate surface area is 167 Å². The minimum atomic E-state index is -4.35. The number of hydrogen-bond acceptors (Lipinski definition) is 4. The van der Waals surface area contributed by atoms with Crippen LogP contribution in [-0.2, 0) is 6.54 Å². The standard InChI is InChI=1S/C22H22F3N3O/c23-22(24,25)16-29-21-8-4-3-7-20(21)28-13-11-27(12-14-28)15-18-10-9-17-5-1-2-6-19(17)26-18/h1-10H,11-16H2. The Balaban J connectivity index is 1.38. The van der Waals surface area contributed by atoms with Gasteiger partial charge in [0.1, 0.15) is 5.75 Å². The van der Waals surface area contributed by atoms with E-state index in [0.29, 0.717) is 5.69 Å². The highest BCUT2D eigenvalue weighted by molar-refractivity contribution is 5.78. The zero-order valence-corrected chi connectivity index (χ0v) is 15.9. The van der Waals surface area contributed by atoms with Gasteiger partial charge in [0, 0.05) is 38.1 Å². The van der Waals surface area contributed by atoms with E-state index in [0.717, 1.165) is 49.3 Å². The average molecular weight is 401 g/mol. The van der Waals surface area contributed by atoms with E-state index >= 15 is 0 Å². The second-order valence-corrected chi connectivity index (χ2v) is 7.13. The lowest BCUT2D eigenvalue weighted by atomic mass is 10.2. The quantitative estimate of drug-likeness (QED) is 0.630. The third kappa shape index (κ3) is 4.98. The fraction of sp³-hybridized carbons (Fsp3) is 0.318. The van der Waals surface area contributed by atoms with Gasteiger partial charge in [-0.3, -0.25) is 9.88 Å². The molecule has 152 valence electrons. The summed E-state index contributed by atoms with van der Waals surface area (Å²) in [7, 11) is 0. The Morgan fingerprint density at radius 1 is 0.862 bits per heavy atom. The second-order valence-electron chi connectivity index (χ2n) is 7.13. The molecule has 0 aliphatic carbocycles. The van der Waals surface area contributed by atoms with Gasteiger partial charge in [0.05, 0.1) is 16.9 Å². The van der Waals surface area contributed by atoms with Crippen molar-refractivity contribution in [3.63, 3.8) is 0 Å². The number of halogens is 3. The van der Waals surface area contributed by atoms with E-state index in [1.54, 1.807) is 12.1 Å². The number of fused-ring (bicyclic) bond motifs is 1. The maximum Gasteiger partial charge on any atom is 0.422 e. The molecule has 1 aromatic heterocycles. The fourth-order valence-corrected chi connectivity index (χ4v) is 3.57. The molecule has 2 aromatic carbocycles. The number of hydrogen-bond donors (Lipinski definition) is 0. The smallest absolute Gasteiger partial charge is 0.422 e. The van der Waals surface area contributed by atoms with E-state index in [4.69, 9.17) is 9.72 Å². The van der Waals surface area contributed by atoms with Crippen LogP contribution in [0.15, 0.2) is 60.7 Å². The predicted octanol–water partition coefficient (Wildman–Crippen LogP) is 4.50. The van der Waals surface area contributed by atoms with Gasteiger partial charge in [-0.05, 0) is 24.3 Å². The van der Waals surface area contributed by atoms with Crippen molar-refractivity contribution >= 4 is 16.6 Å². The van der Waals surface area contributed by atoms with E-state index in [9.17, 15) is 13.2 Å². The van der Waals surface area contributed by atoms with Crippen molar-refractivity contribution in [3.8, 4) is 5.75 Å². The van der Waals surface area contributed by atoms with Gasteiger partial charge in [0.2, 0.25) is 0 Å². The first-order chi connectivity index (χ1) is 14.0. The molecule has 4 nitrogen and oxygen atoms in total. The molecule has 0 amide bonds. The van der Waals surface area contributed by atoms with Gasteiger partial charge >= 0.3 is 6.18 Å². The largest absolute Gasteiger partial charge is 0.482 e. The summed E-state index contributed by atoms with van der Waals surface area (Å²) >= 11 is 0. The van der Waals surface area contributed by atoms with Gasteiger partial charge in [-0.2, -0.15) is 13.2 Å². The lowest BCUT2D eigenvalue weighted by Crippen LogP contribution is -2.46. The van der Waals surface area contributed by atoms with Crippen molar-refractivity contribution < 1.29 is 17.9 Å². The zero-order valence-electron chi connectivity index (χ0n) is 15.9. The van der Waals surface area contributed by atoms with Crippen LogP contribution < -0.4 is 9.64 Å². The topological polar surface area (TPSA) is 28.6 Å². The number of piperazine rings is 1. The molecule has 0 saturated carbocycles. The van der Waals surface area contributed by atoms with E-state index in [2.05, 4.69) is 21.9 Å². The number of nitrogens with zero attached hydrogens (tertiary/aromatic N) is 3. The molecular weight excluding hydrogens is 379 g/mol. The van der Waals surface area contributed by atoms with Crippen LogP contribution in [-0.4, -0.2) is 48.8 Å². The number of alkyl halides is 3. The van der Waals surface area contributed by atoms with Gasteiger partial charge in [-0.1, -0.05) is 36.4 Å². The molecule has 1 aliphatic rings. The number of para-hydroxylation sites is 3. The Morgan fingerprint density at radius 2 is 1.59 bits per heavy atom. The Bertz CT molecular complexity index is 969. The Hall–Kier alpha value is -2.80. The summed E-state index contributed by atoms with van der Waals surface area (Å²) in [6, 6.07) is 19.1. The third-order valence-electron chi connectivity index (χ3n) is 5.01. The summed E-state index contributed by atoms with van der Waals surface area (Å²) in [5.74, 6) is 0.273. The number of aromatic nitrogens is 1. The molecule has 0 radical (unpaired) electrons. The molecule has 1 fully saturated rings. The van der Waals surface area contributed by atoms with Gasteiger partial charge in [-0.15, -0.1) is 0 Å². The highest BCUT2D eigenvalue weighted by Crippen LogP contribution is 2.30. The summed E-state index contributed by atoms with van der Waals surface area (Å²) in [6.07, 6.45) is -4.35. The molecule has 29 heavy (non-hydrogen) atoms. The van der Waals surface area contributed by atoms with Crippen LogP contribution in [0, 0.1) is 0 Å². The lowest BCUT2D eigenvalue weighted by molar-refractivity contribution is -0.153. The minimum absolute atomic E-state index is 0.273. The summed E-state index contributed by atoms with van der Waals surface area (Å²) in [5.41, 5.74) is 2.71. The number of rotatable bonds is 5. The maximum atomic E-state index is 12.5. The van der Waals surface area contributed by atoms with Crippen LogP contribution in [0.1, 0.15) is 5.69 Å². The van der Waals surface area contributed by atoms with E-state index in [-0.39, 0.29) is 5.75 Å². The van der Waals surface area contributed by atoms with E-state index < -0.39 is 12.8 Å². The van der Waals surface area contributed by atoms with Crippen LogP contribution in [0.4, 0.5) is 18.9 Å². The van der Waals surface area contributed by atoms with Crippen molar-refractivity contribution in [1.29, 1.82) is 0 Å². The van der Waals surface area contributed by atoms with Crippen molar-refractivity contribution in [2.75, 3.05) is 37.7 Å². The molecule has 0 unspecified atom stereocenters. The minimum Gasteiger partial charge on any atom is -0.482 e. The summed E-state index contributed by atoms with van der Waals surface area (Å²) < 4.78 is 42.6. The molecule has 7 heteroatoms. The Morgan fingerprint density at radius 3 is 2.38 bits per heavy atom. The Kier molecular flexibility index (Phi) is 5.58. The van der Waals surface area contributed by atoms with E-state index in [1.165, 1.54) is 0 Å². The predicted molar refractivity (Wildman–Crippen MR) is 107 cm³/mol. The monoisotopic (exact) mass is 401 g/mol. The van der Waals surface area contributed by atoms with Crippen LogP contribution in [0.25, 0.3) is 10.9 Å². The number of anilines is 1. The van der Waals surface area contributed by atoms with Crippen LogP contribution in [0.2, 0.25) is 0 Å². The van der Waals surface area contributed by atoms with Gasteiger partial charge in [0.15, 0.2) is 6.61 Å². The summed E-state index contributed by atoms with van der Waals surface area (Å²) in [4.78, 5) is 9.12. The van der Waals surface area contributed by atoms with Crippen LogP contribution in [0.3, 0.4) is 0 Å². The summed E-state index contributed by atoms with van der Waals surface area (Å²) in [5, 5.41) is 1.12. The summed E-state index contributed by atoms with van der Waals surface area (Å²) in [6.45, 7) is 2.53. The van der Waals surface area contributed by atoms with Crippen molar-refractivity contribution in [2.45, 2.75) is 12.7 Å². The lowest BCUT2D eigenvalue weighted by Gasteiger charge is -2.36. The fourth-order valence-electron chi connectivity index (χ4n) is 3.57. The number of benzene rings is 2. The van der Waals surface area contributed by atoms with E-state index in [1.807, 2.05) is 36.4 Å². The SMILES string of the molecule is FC(F)(F)COc1ccccc1N1CCN(Cc2ccc3ccccc3n2)CC1. The highest BCUT2D eigenvalue weighted by atomic mass is 19.4. The average Bonchev–Trinajstić information content (AvgIpc) is 2.72. The van der Waals surface area contributed by atoms with Gasteiger partial charge in [0.25, 0.3) is 0 Å². The normalized spacial score (nSPS) is 15.6. The van der Waals surface area contributed by atoms with Crippen LogP contribution in [0.5, 0.6) is 5.75 Å². The first kappa shape index (κ1) is 19.5. The van der Waals surface area contributed by atoms with Gasteiger partial charge < -0.3 is 9.64 Å². The molecule has 1 saturated heterocycles. The van der Waals surface area contributed by atoms with Crippen LogP contribution >= 0.6 is 0 Å². The third-order valence-corrected chi connectivity index (χ3v) is 5.01. The molecule has 4 rings (SSSR count). The zero-order chi connectivity index (χ0) is 20.3. The molecule has 2 heterocycles. The first-order valence-electron chi connectivity index (χ1n) is 9.58. The molecule has 0 spiro atoms. The van der Waals surface area contributed by atoms with Crippen molar-refractivity contribution in [2.24, 2.45) is 0 Å². The molecular formula is C22H22F3N3O. The highest BCUT2D eigenvalue weighted by Gasteiger charge is 2.29. The molecule has 0 bridgehead atoms. The number of pyridine rings is 1. The molecule has 3 aromatic rings. The van der Waals surface area contributed by atoms with Crippen molar-refractivity contribution in [3.05, 3.63) is 66.4 Å².